The maximum absolute atomic E-state index is 7.11. The molecule has 1 saturated heterocycles. The highest BCUT2D eigenvalue weighted by molar-refractivity contribution is 9.10. The second kappa shape index (κ2) is 17.2. The highest BCUT2D eigenvalue weighted by Gasteiger charge is 2.62. The van der Waals surface area contributed by atoms with E-state index in [2.05, 4.69) is 78.6 Å². The van der Waals surface area contributed by atoms with E-state index in [1.54, 1.807) is 0 Å². The van der Waals surface area contributed by atoms with Crippen molar-refractivity contribution in [3.63, 3.8) is 0 Å². The molecule has 8 heteroatoms. The van der Waals surface area contributed by atoms with Crippen molar-refractivity contribution in [3.05, 3.63) is 33.3 Å². The van der Waals surface area contributed by atoms with E-state index in [-0.39, 0.29) is 24.4 Å². The number of halogens is 2. The van der Waals surface area contributed by atoms with Gasteiger partial charge in [0.2, 0.25) is 5.79 Å². The molecule has 0 N–H and O–H groups in total. The SMILES string of the molecule is CCCCO[C@H]1[C@H](OCCCC)[C@@H](OCCCC)[C@@]2(OCc3cc(Br)c(CBr)cc32)O[C@@H]1[C@@H](C)OCCCC. The van der Waals surface area contributed by atoms with Gasteiger partial charge in [-0.25, -0.2) is 0 Å². The summed E-state index contributed by atoms with van der Waals surface area (Å²) in [6, 6.07) is 4.35. The van der Waals surface area contributed by atoms with Crippen LogP contribution in [-0.4, -0.2) is 56.9 Å². The normalized spacial score (nSPS) is 27.3. The number of hydrogen-bond donors (Lipinski definition) is 0. The van der Waals surface area contributed by atoms with E-state index in [9.17, 15) is 0 Å². The Balaban J connectivity index is 2.10. The molecule has 1 fully saturated rings. The van der Waals surface area contributed by atoms with Gasteiger partial charge in [0.05, 0.1) is 12.7 Å². The fraction of sp³-hybridized carbons (Fsp3) is 0.806. The molecular weight excluding hydrogens is 628 g/mol. The van der Waals surface area contributed by atoms with Crippen molar-refractivity contribution in [2.75, 3.05) is 26.4 Å². The molecule has 0 amide bonds. The summed E-state index contributed by atoms with van der Waals surface area (Å²) in [6.07, 6.45) is 6.40. The van der Waals surface area contributed by atoms with Gasteiger partial charge in [-0.15, -0.1) is 0 Å². The largest absolute Gasteiger partial charge is 0.376 e. The van der Waals surface area contributed by atoms with Crippen LogP contribution in [0.15, 0.2) is 16.6 Å². The molecule has 0 saturated carbocycles. The van der Waals surface area contributed by atoms with Crippen LogP contribution < -0.4 is 0 Å². The Morgan fingerprint density at radius 1 is 0.872 bits per heavy atom. The van der Waals surface area contributed by atoms with Gasteiger partial charge in [-0.2, -0.15) is 0 Å². The van der Waals surface area contributed by atoms with Crippen molar-refractivity contribution in [2.24, 2.45) is 0 Å². The maximum Gasteiger partial charge on any atom is 0.225 e. The van der Waals surface area contributed by atoms with E-state index < -0.39 is 11.9 Å². The Labute approximate surface area is 253 Å². The number of fused-ring (bicyclic) bond motifs is 2. The van der Waals surface area contributed by atoms with Crippen molar-refractivity contribution in [1.29, 1.82) is 0 Å². The van der Waals surface area contributed by atoms with Gasteiger partial charge < -0.3 is 28.4 Å². The summed E-state index contributed by atoms with van der Waals surface area (Å²) in [5.41, 5.74) is 3.26. The first-order chi connectivity index (χ1) is 19.0. The summed E-state index contributed by atoms with van der Waals surface area (Å²) in [4.78, 5) is 0. The zero-order valence-electron chi connectivity index (χ0n) is 24.6. The fourth-order valence-electron chi connectivity index (χ4n) is 5.24. The van der Waals surface area contributed by atoms with Crippen molar-refractivity contribution < 1.29 is 28.4 Å². The van der Waals surface area contributed by atoms with E-state index in [0.717, 1.165) is 77.9 Å². The molecule has 1 spiro atoms. The minimum atomic E-state index is -1.10. The Hall–Kier alpha value is -0.0600. The topological polar surface area (TPSA) is 55.4 Å². The van der Waals surface area contributed by atoms with Crippen molar-refractivity contribution in [2.45, 2.75) is 134 Å². The quantitative estimate of drug-likeness (QED) is 0.115. The van der Waals surface area contributed by atoms with E-state index in [0.29, 0.717) is 33.0 Å². The zero-order chi connectivity index (χ0) is 28.3. The Morgan fingerprint density at radius 2 is 1.46 bits per heavy atom. The second-order valence-corrected chi connectivity index (χ2v) is 12.1. The molecule has 6 atom stereocenters. The van der Waals surface area contributed by atoms with Gasteiger partial charge in [-0.1, -0.05) is 85.2 Å². The molecule has 2 aliphatic rings. The lowest BCUT2D eigenvalue weighted by atomic mass is 9.85. The smallest absolute Gasteiger partial charge is 0.225 e. The molecule has 2 heterocycles. The molecule has 0 aromatic heterocycles. The third kappa shape index (κ3) is 8.28. The number of alkyl halides is 1. The van der Waals surface area contributed by atoms with E-state index in [1.807, 2.05) is 0 Å². The lowest BCUT2D eigenvalue weighted by Crippen LogP contribution is -2.67. The first-order valence-corrected chi connectivity index (χ1v) is 17.0. The molecule has 1 aromatic carbocycles. The number of unbranched alkanes of at least 4 members (excludes halogenated alkanes) is 4. The van der Waals surface area contributed by atoms with Crippen LogP contribution in [0.3, 0.4) is 0 Å². The molecule has 0 unspecified atom stereocenters. The summed E-state index contributed by atoms with van der Waals surface area (Å²) in [7, 11) is 0. The monoisotopic (exact) mass is 676 g/mol. The molecular formula is C31H50Br2O6. The van der Waals surface area contributed by atoms with Crippen LogP contribution >= 0.6 is 31.9 Å². The molecule has 0 aliphatic carbocycles. The second-order valence-electron chi connectivity index (χ2n) is 10.7. The number of rotatable bonds is 18. The molecule has 224 valence electrons. The number of hydrogen-bond acceptors (Lipinski definition) is 6. The molecule has 0 radical (unpaired) electrons. The molecule has 3 rings (SSSR count). The van der Waals surface area contributed by atoms with Gasteiger partial charge in [0.15, 0.2) is 0 Å². The van der Waals surface area contributed by atoms with Crippen LogP contribution in [0.4, 0.5) is 0 Å². The molecule has 0 bridgehead atoms. The Kier molecular flexibility index (Phi) is 14.7. The summed E-state index contributed by atoms with van der Waals surface area (Å²) in [5.74, 6) is -1.10. The summed E-state index contributed by atoms with van der Waals surface area (Å²) in [5, 5.41) is 0.720. The van der Waals surface area contributed by atoms with Crippen LogP contribution in [0, 0.1) is 0 Å². The zero-order valence-corrected chi connectivity index (χ0v) is 27.8. The van der Waals surface area contributed by atoms with Gasteiger partial charge in [0.25, 0.3) is 0 Å². The predicted molar refractivity (Wildman–Crippen MR) is 162 cm³/mol. The average Bonchev–Trinajstić information content (AvgIpc) is 3.27. The molecule has 6 nitrogen and oxygen atoms in total. The Morgan fingerprint density at radius 3 is 2.08 bits per heavy atom. The third-order valence-electron chi connectivity index (χ3n) is 7.62. The van der Waals surface area contributed by atoms with Gasteiger partial charge in [-0.3, -0.25) is 0 Å². The summed E-state index contributed by atoms with van der Waals surface area (Å²) in [6.45, 7) is 13.8. The van der Waals surface area contributed by atoms with Crippen molar-refractivity contribution >= 4 is 31.9 Å². The van der Waals surface area contributed by atoms with Crippen LogP contribution in [-0.2, 0) is 46.1 Å². The third-order valence-corrected chi connectivity index (χ3v) is 8.96. The minimum Gasteiger partial charge on any atom is -0.376 e. The average molecular weight is 679 g/mol. The summed E-state index contributed by atoms with van der Waals surface area (Å²) < 4.78 is 41.2. The number of benzene rings is 1. The lowest BCUT2D eigenvalue weighted by Gasteiger charge is -2.52. The van der Waals surface area contributed by atoms with Gasteiger partial charge >= 0.3 is 0 Å². The van der Waals surface area contributed by atoms with Crippen LogP contribution in [0.2, 0.25) is 0 Å². The molecule has 2 aliphatic heterocycles. The van der Waals surface area contributed by atoms with Crippen LogP contribution in [0.5, 0.6) is 0 Å². The Bertz CT molecular complexity index is 855. The van der Waals surface area contributed by atoms with E-state index in [1.165, 1.54) is 0 Å². The predicted octanol–water partition coefficient (Wildman–Crippen LogP) is 8.19. The minimum absolute atomic E-state index is 0.201. The molecule has 39 heavy (non-hydrogen) atoms. The van der Waals surface area contributed by atoms with Gasteiger partial charge in [-0.05, 0) is 55.9 Å². The standard InChI is InChI=1S/C31H50Br2O6/c1-6-10-14-34-22(5)27-28(35-15-11-7-2)29(36-16-12-8-3)30(37-17-13-9-4)31(39-27)25-18-23(20-32)26(33)19-24(25)21-38-31/h18-19,22,27-30H,6-17,20-21H2,1-5H3/t22-,27-,28-,29+,30-,31+/m1/s1. The lowest BCUT2D eigenvalue weighted by molar-refractivity contribution is -0.389. The van der Waals surface area contributed by atoms with Gasteiger partial charge in [0.1, 0.15) is 24.4 Å². The van der Waals surface area contributed by atoms with Gasteiger partial charge in [0, 0.05) is 41.8 Å². The van der Waals surface area contributed by atoms with Crippen LogP contribution in [0.25, 0.3) is 0 Å². The van der Waals surface area contributed by atoms with Crippen molar-refractivity contribution in [1.82, 2.24) is 0 Å². The highest BCUT2D eigenvalue weighted by atomic mass is 79.9. The maximum atomic E-state index is 7.11. The van der Waals surface area contributed by atoms with E-state index >= 15 is 0 Å². The summed E-state index contributed by atoms with van der Waals surface area (Å²) >= 11 is 7.39. The van der Waals surface area contributed by atoms with E-state index in [4.69, 9.17) is 28.4 Å². The first-order valence-electron chi connectivity index (χ1n) is 15.1. The van der Waals surface area contributed by atoms with Crippen molar-refractivity contribution in [3.8, 4) is 0 Å². The first kappa shape index (κ1) is 33.4. The fourth-order valence-corrected chi connectivity index (χ4v) is 6.61. The molecule has 1 aromatic rings. The van der Waals surface area contributed by atoms with Crippen LogP contribution in [0.1, 0.15) is 103 Å². The number of ether oxygens (including phenoxy) is 6. The highest BCUT2D eigenvalue weighted by Crippen LogP contribution is 2.50.